The van der Waals surface area contributed by atoms with Crippen LogP contribution in [0, 0.1) is 0 Å². The number of aliphatic carboxylic acids is 1. The maximum absolute atomic E-state index is 12.3. The van der Waals surface area contributed by atoms with Crippen molar-refractivity contribution in [1.29, 1.82) is 0 Å². The number of piperazine rings is 1. The zero-order chi connectivity index (χ0) is 19.2. The predicted octanol–water partition coefficient (Wildman–Crippen LogP) is 1.75. The van der Waals surface area contributed by atoms with E-state index >= 15 is 0 Å². The van der Waals surface area contributed by atoms with E-state index in [1.54, 1.807) is 4.90 Å². The van der Waals surface area contributed by atoms with Crippen molar-refractivity contribution in [3.8, 4) is 5.75 Å². The van der Waals surface area contributed by atoms with Gasteiger partial charge < -0.3 is 19.6 Å². The first kappa shape index (κ1) is 18.7. The molecule has 0 radical (unpaired) electrons. The zero-order valence-corrected chi connectivity index (χ0v) is 15.0. The van der Waals surface area contributed by atoms with E-state index in [2.05, 4.69) is 0 Å². The zero-order valence-electron chi connectivity index (χ0n) is 15.0. The normalized spacial score (nSPS) is 14.2. The number of hydrogen-bond acceptors (Lipinski definition) is 4. The van der Waals surface area contributed by atoms with E-state index in [1.165, 1.54) is 4.90 Å². The highest BCUT2D eigenvalue weighted by atomic mass is 16.5. The number of nitrogens with zero attached hydrogens (tertiary/aromatic N) is 2. The number of carboxylic acids is 1. The fraction of sp³-hybridized carbons (Fsp3) is 0.350. The molecule has 7 heteroatoms. The molecule has 0 aliphatic carbocycles. The van der Waals surface area contributed by atoms with Crippen molar-refractivity contribution < 1.29 is 24.2 Å². The molecule has 142 valence electrons. The molecule has 2 amide bonds. The summed E-state index contributed by atoms with van der Waals surface area (Å²) in [6.45, 7) is 1.85. The minimum absolute atomic E-state index is 0.0267. The molecule has 1 saturated heterocycles. The van der Waals surface area contributed by atoms with Crippen molar-refractivity contribution in [2.45, 2.75) is 12.8 Å². The van der Waals surface area contributed by atoms with Crippen molar-refractivity contribution in [3.63, 3.8) is 0 Å². The minimum atomic E-state index is -1.13. The molecule has 1 aliphatic heterocycles. The number of carbonyl (C=O) groups excluding carboxylic acids is 2. The summed E-state index contributed by atoms with van der Waals surface area (Å²) in [4.78, 5) is 37.8. The lowest BCUT2D eigenvalue weighted by molar-refractivity contribution is -0.147. The highest BCUT2D eigenvalue weighted by Crippen LogP contribution is 2.20. The third-order valence-electron chi connectivity index (χ3n) is 4.59. The van der Waals surface area contributed by atoms with Crippen LogP contribution in [0.25, 0.3) is 10.8 Å². The Morgan fingerprint density at radius 3 is 2.19 bits per heavy atom. The van der Waals surface area contributed by atoms with Gasteiger partial charge in [0.2, 0.25) is 11.8 Å². The topological polar surface area (TPSA) is 87.2 Å². The van der Waals surface area contributed by atoms with Gasteiger partial charge in [-0.15, -0.1) is 0 Å². The molecule has 0 saturated carbocycles. The number of carboxylic acid groups (broad SMARTS) is 1. The van der Waals surface area contributed by atoms with Crippen LogP contribution in [0.1, 0.15) is 12.8 Å². The van der Waals surface area contributed by atoms with Crippen LogP contribution in [0.2, 0.25) is 0 Å². The first-order valence-electron chi connectivity index (χ1n) is 8.92. The van der Waals surface area contributed by atoms with Gasteiger partial charge in [-0.05, 0) is 22.9 Å². The maximum Gasteiger partial charge on any atom is 0.312 e. The second-order valence-electron chi connectivity index (χ2n) is 6.44. The number of fused-ring (bicyclic) bond motifs is 1. The van der Waals surface area contributed by atoms with Crippen LogP contribution in [0.15, 0.2) is 42.5 Å². The molecule has 0 atom stereocenters. The molecule has 7 nitrogen and oxygen atoms in total. The van der Waals surface area contributed by atoms with Crippen molar-refractivity contribution in [1.82, 2.24) is 9.80 Å². The molecule has 3 rings (SSSR count). The summed E-state index contributed by atoms with van der Waals surface area (Å²) in [5.74, 6) is -0.842. The van der Waals surface area contributed by atoms with E-state index in [0.717, 1.165) is 16.5 Å². The van der Waals surface area contributed by atoms with Gasteiger partial charge in [-0.25, -0.2) is 0 Å². The fourth-order valence-electron chi connectivity index (χ4n) is 3.12. The summed E-state index contributed by atoms with van der Waals surface area (Å²) < 4.78 is 5.70. The molecule has 0 spiro atoms. The van der Waals surface area contributed by atoms with Gasteiger partial charge in [-0.2, -0.15) is 0 Å². The summed E-state index contributed by atoms with van der Waals surface area (Å²) in [6, 6.07) is 13.8. The Labute approximate surface area is 157 Å². The van der Waals surface area contributed by atoms with E-state index in [9.17, 15) is 14.4 Å². The quantitative estimate of drug-likeness (QED) is 0.783. The Kier molecular flexibility index (Phi) is 5.90. The third-order valence-corrected chi connectivity index (χ3v) is 4.59. The second kappa shape index (κ2) is 8.53. The number of hydrogen-bond donors (Lipinski definition) is 1. The summed E-state index contributed by atoms with van der Waals surface area (Å²) in [5.41, 5.74) is 0. The Balaban J connectivity index is 1.43. The van der Waals surface area contributed by atoms with Gasteiger partial charge in [0, 0.05) is 26.2 Å². The van der Waals surface area contributed by atoms with Crippen LogP contribution in [0.3, 0.4) is 0 Å². The highest BCUT2D eigenvalue weighted by Gasteiger charge is 2.24. The molecule has 1 fully saturated rings. The van der Waals surface area contributed by atoms with Gasteiger partial charge in [0.15, 0.2) is 0 Å². The maximum atomic E-state index is 12.3. The number of benzene rings is 2. The van der Waals surface area contributed by atoms with E-state index in [4.69, 9.17) is 9.84 Å². The Hall–Kier alpha value is -3.09. The lowest BCUT2D eigenvalue weighted by Crippen LogP contribution is -2.51. The first-order chi connectivity index (χ1) is 13.0. The van der Waals surface area contributed by atoms with E-state index in [0.29, 0.717) is 26.2 Å². The lowest BCUT2D eigenvalue weighted by Gasteiger charge is -2.34. The van der Waals surface area contributed by atoms with Crippen LogP contribution < -0.4 is 4.74 Å². The Morgan fingerprint density at radius 2 is 1.52 bits per heavy atom. The van der Waals surface area contributed by atoms with Gasteiger partial charge >= 0.3 is 5.97 Å². The Morgan fingerprint density at radius 1 is 0.889 bits per heavy atom. The van der Waals surface area contributed by atoms with Crippen molar-refractivity contribution >= 4 is 28.6 Å². The minimum Gasteiger partial charge on any atom is -0.493 e. The number of carbonyl (C=O) groups is 3. The van der Waals surface area contributed by atoms with Gasteiger partial charge in [0.1, 0.15) is 12.2 Å². The van der Waals surface area contributed by atoms with Gasteiger partial charge in [-0.1, -0.05) is 30.3 Å². The van der Waals surface area contributed by atoms with Crippen LogP contribution >= 0.6 is 0 Å². The van der Waals surface area contributed by atoms with Gasteiger partial charge in [0.05, 0.1) is 13.0 Å². The number of rotatable bonds is 6. The van der Waals surface area contributed by atoms with E-state index < -0.39 is 18.3 Å². The summed E-state index contributed by atoms with van der Waals surface area (Å²) >= 11 is 0. The summed E-state index contributed by atoms with van der Waals surface area (Å²) in [7, 11) is 0. The number of ether oxygens (including phenoxy) is 1. The smallest absolute Gasteiger partial charge is 0.312 e. The molecule has 27 heavy (non-hydrogen) atoms. The fourth-order valence-corrected chi connectivity index (χ4v) is 3.12. The average Bonchev–Trinajstić information content (AvgIpc) is 2.67. The molecule has 0 bridgehead atoms. The second-order valence-corrected chi connectivity index (χ2v) is 6.44. The van der Waals surface area contributed by atoms with Crippen molar-refractivity contribution in [3.05, 3.63) is 42.5 Å². The monoisotopic (exact) mass is 370 g/mol. The van der Waals surface area contributed by atoms with E-state index in [1.807, 2.05) is 42.5 Å². The molecular weight excluding hydrogens is 348 g/mol. The van der Waals surface area contributed by atoms with Crippen LogP contribution in [0.4, 0.5) is 0 Å². The van der Waals surface area contributed by atoms with Gasteiger partial charge in [0.25, 0.3) is 0 Å². The lowest BCUT2D eigenvalue weighted by atomic mass is 10.1. The van der Waals surface area contributed by atoms with E-state index in [-0.39, 0.29) is 18.9 Å². The van der Waals surface area contributed by atoms with Crippen LogP contribution in [0.5, 0.6) is 5.75 Å². The highest BCUT2D eigenvalue weighted by molar-refractivity contribution is 5.93. The molecule has 0 aromatic heterocycles. The van der Waals surface area contributed by atoms with Crippen LogP contribution in [-0.4, -0.2) is 65.5 Å². The van der Waals surface area contributed by atoms with Crippen molar-refractivity contribution in [2.24, 2.45) is 0 Å². The largest absolute Gasteiger partial charge is 0.493 e. The SMILES string of the molecule is O=C(O)CC(=O)N1CCN(C(=O)CCOc2ccc3ccccc3c2)CC1. The number of amides is 2. The Bertz CT molecular complexity index is 843. The molecule has 1 aliphatic rings. The standard InChI is InChI=1S/C20H22N2O5/c23-18(21-8-10-22(11-9-21)19(24)14-20(25)26)7-12-27-17-6-5-15-3-1-2-4-16(15)13-17/h1-6,13H,7-12,14H2,(H,25,26). The molecule has 0 unspecified atom stereocenters. The summed E-state index contributed by atoms with van der Waals surface area (Å²) in [5, 5.41) is 10.9. The molecule has 1 heterocycles. The van der Waals surface area contributed by atoms with Gasteiger partial charge in [-0.3, -0.25) is 14.4 Å². The molecule has 2 aromatic carbocycles. The summed E-state index contributed by atoms with van der Waals surface area (Å²) in [6.07, 6.45) is -0.247. The average molecular weight is 370 g/mol. The van der Waals surface area contributed by atoms with Crippen molar-refractivity contribution in [2.75, 3.05) is 32.8 Å². The first-order valence-corrected chi connectivity index (χ1v) is 8.92. The molecule has 2 aromatic rings. The molecule has 1 N–H and O–H groups in total. The molecular formula is C20H22N2O5. The van der Waals surface area contributed by atoms with Crippen LogP contribution in [-0.2, 0) is 14.4 Å². The third kappa shape index (κ3) is 4.97. The predicted molar refractivity (Wildman–Crippen MR) is 99.5 cm³/mol.